The van der Waals surface area contributed by atoms with Crippen molar-refractivity contribution in [1.29, 1.82) is 0 Å². The van der Waals surface area contributed by atoms with Crippen molar-refractivity contribution >= 4 is 0 Å². The minimum Gasteiger partial charge on any atom is -0.324 e. The lowest BCUT2D eigenvalue weighted by Crippen LogP contribution is -2.39. The molecule has 2 rings (SSSR count). The Bertz CT molecular complexity index is 438. The number of nitrogens with zero attached hydrogens (tertiary/aromatic N) is 2. The van der Waals surface area contributed by atoms with Crippen LogP contribution in [0.1, 0.15) is 42.5 Å². The molecule has 0 aliphatic carbocycles. The summed E-state index contributed by atoms with van der Waals surface area (Å²) < 4.78 is 0. The van der Waals surface area contributed by atoms with Crippen LogP contribution in [0.4, 0.5) is 0 Å². The SMILES string of the molecule is Cc1cc(C)cc(C(N)CCN2CCCN(C)CC2C)c1. The van der Waals surface area contributed by atoms with Gasteiger partial charge in [-0.25, -0.2) is 0 Å². The molecule has 2 unspecified atom stereocenters. The molecule has 1 fully saturated rings. The average Bonchev–Trinajstić information content (AvgIpc) is 2.55. The number of rotatable bonds is 4. The quantitative estimate of drug-likeness (QED) is 0.925. The predicted octanol–water partition coefficient (Wildman–Crippen LogP) is 2.72. The Balaban J connectivity index is 1.92. The molecule has 0 spiro atoms. The van der Waals surface area contributed by atoms with Gasteiger partial charge in [-0.2, -0.15) is 0 Å². The van der Waals surface area contributed by atoms with Gasteiger partial charge in [0.15, 0.2) is 0 Å². The number of hydrogen-bond acceptors (Lipinski definition) is 3. The summed E-state index contributed by atoms with van der Waals surface area (Å²) >= 11 is 0. The third-order valence-electron chi connectivity index (χ3n) is 4.58. The first kappa shape index (κ1) is 16.5. The van der Waals surface area contributed by atoms with Gasteiger partial charge in [0, 0.05) is 25.2 Å². The van der Waals surface area contributed by atoms with E-state index in [1.807, 2.05) is 0 Å². The fourth-order valence-electron chi connectivity index (χ4n) is 3.45. The van der Waals surface area contributed by atoms with Crippen LogP contribution in [0.15, 0.2) is 18.2 Å². The first-order chi connectivity index (χ1) is 9.95. The van der Waals surface area contributed by atoms with Gasteiger partial charge in [-0.15, -0.1) is 0 Å². The van der Waals surface area contributed by atoms with Gasteiger partial charge >= 0.3 is 0 Å². The highest BCUT2D eigenvalue weighted by Crippen LogP contribution is 2.19. The highest BCUT2D eigenvalue weighted by Gasteiger charge is 2.20. The molecule has 2 N–H and O–H groups in total. The monoisotopic (exact) mass is 289 g/mol. The third kappa shape index (κ3) is 4.80. The Kier molecular flexibility index (Phi) is 5.80. The standard InChI is InChI=1S/C18H31N3/c1-14-10-15(2)12-17(11-14)18(19)6-9-21-8-5-7-20(4)13-16(21)3/h10-12,16,18H,5-9,13,19H2,1-4H3. The molecule has 2 atom stereocenters. The van der Waals surface area contributed by atoms with Crippen LogP contribution in [-0.4, -0.2) is 49.1 Å². The zero-order chi connectivity index (χ0) is 15.4. The van der Waals surface area contributed by atoms with Crippen LogP contribution in [-0.2, 0) is 0 Å². The third-order valence-corrected chi connectivity index (χ3v) is 4.58. The van der Waals surface area contributed by atoms with E-state index >= 15 is 0 Å². The van der Waals surface area contributed by atoms with Crippen LogP contribution in [0.3, 0.4) is 0 Å². The van der Waals surface area contributed by atoms with Crippen molar-refractivity contribution in [2.24, 2.45) is 5.73 Å². The van der Waals surface area contributed by atoms with Crippen molar-refractivity contribution in [3.8, 4) is 0 Å². The highest BCUT2D eigenvalue weighted by atomic mass is 15.2. The van der Waals surface area contributed by atoms with E-state index in [4.69, 9.17) is 5.73 Å². The lowest BCUT2D eigenvalue weighted by Gasteiger charge is -2.29. The van der Waals surface area contributed by atoms with Gasteiger partial charge in [-0.1, -0.05) is 29.3 Å². The van der Waals surface area contributed by atoms with Crippen LogP contribution in [0.5, 0.6) is 0 Å². The van der Waals surface area contributed by atoms with E-state index < -0.39 is 0 Å². The maximum absolute atomic E-state index is 6.42. The molecule has 0 aromatic heterocycles. The number of nitrogens with two attached hydrogens (primary N) is 1. The highest BCUT2D eigenvalue weighted by molar-refractivity contribution is 5.30. The molecule has 0 radical (unpaired) electrons. The van der Waals surface area contributed by atoms with Gasteiger partial charge in [0.05, 0.1) is 0 Å². The summed E-state index contributed by atoms with van der Waals surface area (Å²) in [6.45, 7) is 11.3. The molecule has 1 heterocycles. The molecule has 0 bridgehead atoms. The lowest BCUT2D eigenvalue weighted by molar-refractivity contribution is 0.196. The lowest BCUT2D eigenvalue weighted by atomic mass is 9.99. The number of hydrogen-bond donors (Lipinski definition) is 1. The Morgan fingerprint density at radius 3 is 2.52 bits per heavy atom. The van der Waals surface area contributed by atoms with Crippen LogP contribution in [0.2, 0.25) is 0 Å². The van der Waals surface area contributed by atoms with E-state index in [2.05, 4.69) is 55.8 Å². The molecule has 1 aliphatic rings. The van der Waals surface area contributed by atoms with Gasteiger partial charge in [-0.05, 0) is 59.3 Å². The Morgan fingerprint density at radius 2 is 1.86 bits per heavy atom. The molecule has 21 heavy (non-hydrogen) atoms. The Labute approximate surface area is 130 Å². The van der Waals surface area contributed by atoms with Gasteiger partial charge in [-0.3, -0.25) is 4.90 Å². The number of aryl methyl sites for hydroxylation is 2. The van der Waals surface area contributed by atoms with E-state index in [0.29, 0.717) is 6.04 Å². The van der Waals surface area contributed by atoms with Crippen molar-refractivity contribution in [2.75, 3.05) is 33.2 Å². The van der Waals surface area contributed by atoms with Crippen LogP contribution < -0.4 is 5.73 Å². The molecule has 1 aromatic rings. The Morgan fingerprint density at radius 1 is 1.19 bits per heavy atom. The number of likely N-dealkylation sites (N-methyl/N-ethyl adjacent to an activating group) is 1. The summed E-state index contributed by atoms with van der Waals surface area (Å²) in [6, 6.07) is 7.46. The minimum atomic E-state index is 0.150. The normalized spacial score (nSPS) is 23.0. The molecule has 1 aromatic carbocycles. The fraction of sp³-hybridized carbons (Fsp3) is 0.667. The first-order valence-corrected chi connectivity index (χ1v) is 8.22. The second-order valence-corrected chi connectivity index (χ2v) is 6.82. The van der Waals surface area contributed by atoms with E-state index in [1.54, 1.807) is 0 Å². The van der Waals surface area contributed by atoms with Crippen LogP contribution in [0.25, 0.3) is 0 Å². The van der Waals surface area contributed by atoms with Gasteiger partial charge in [0.2, 0.25) is 0 Å². The van der Waals surface area contributed by atoms with Crippen molar-refractivity contribution < 1.29 is 0 Å². The maximum Gasteiger partial charge on any atom is 0.0307 e. The summed E-state index contributed by atoms with van der Waals surface area (Å²) in [4.78, 5) is 5.04. The smallest absolute Gasteiger partial charge is 0.0307 e. The summed E-state index contributed by atoms with van der Waals surface area (Å²) in [7, 11) is 2.22. The summed E-state index contributed by atoms with van der Waals surface area (Å²) in [5, 5.41) is 0. The molecule has 118 valence electrons. The topological polar surface area (TPSA) is 32.5 Å². The molecule has 0 saturated carbocycles. The van der Waals surface area contributed by atoms with Crippen LogP contribution in [0, 0.1) is 13.8 Å². The molecular formula is C18H31N3. The molecule has 1 saturated heterocycles. The van der Waals surface area contributed by atoms with Crippen molar-refractivity contribution in [3.63, 3.8) is 0 Å². The first-order valence-electron chi connectivity index (χ1n) is 8.22. The summed E-state index contributed by atoms with van der Waals surface area (Å²) in [5.41, 5.74) is 10.3. The largest absolute Gasteiger partial charge is 0.324 e. The molecule has 1 aliphatic heterocycles. The van der Waals surface area contributed by atoms with Gasteiger partial charge in [0.25, 0.3) is 0 Å². The van der Waals surface area contributed by atoms with E-state index in [-0.39, 0.29) is 6.04 Å². The van der Waals surface area contributed by atoms with Gasteiger partial charge < -0.3 is 10.6 Å². The minimum absolute atomic E-state index is 0.150. The van der Waals surface area contributed by atoms with Crippen LogP contribution >= 0.6 is 0 Å². The van der Waals surface area contributed by atoms with Crippen molar-refractivity contribution in [3.05, 3.63) is 34.9 Å². The van der Waals surface area contributed by atoms with E-state index in [1.165, 1.54) is 42.7 Å². The predicted molar refractivity (Wildman–Crippen MR) is 90.6 cm³/mol. The zero-order valence-electron chi connectivity index (χ0n) is 14.1. The number of benzene rings is 1. The van der Waals surface area contributed by atoms with Crippen molar-refractivity contribution in [2.45, 2.75) is 45.7 Å². The van der Waals surface area contributed by atoms with E-state index in [0.717, 1.165) is 13.0 Å². The van der Waals surface area contributed by atoms with Gasteiger partial charge in [0.1, 0.15) is 0 Å². The maximum atomic E-state index is 6.42. The fourth-order valence-corrected chi connectivity index (χ4v) is 3.45. The molecular weight excluding hydrogens is 258 g/mol. The Hall–Kier alpha value is -0.900. The molecule has 3 nitrogen and oxygen atoms in total. The van der Waals surface area contributed by atoms with E-state index in [9.17, 15) is 0 Å². The average molecular weight is 289 g/mol. The second kappa shape index (κ2) is 7.39. The summed E-state index contributed by atoms with van der Waals surface area (Å²) in [5.74, 6) is 0. The molecule has 0 amide bonds. The molecule has 3 heteroatoms. The zero-order valence-corrected chi connectivity index (χ0v) is 14.1. The summed E-state index contributed by atoms with van der Waals surface area (Å²) in [6.07, 6.45) is 2.30. The second-order valence-electron chi connectivity index (χ2n) is 6.82. The van der Waals surface area contributed by atoms with Crippen molar-refractivity contribution in [1.82, 2.24) is 9.80 Å².